The van der Waals surface area contributed by atoms with Crippen molar-refractivity contribution < 1.29 is 14.6 Å². The van der Waals surface area contributed by atoms with E-state index in [0.29, 0.717) is 5.57 Å². The van der Waals surface area contributed by atoms with Crippen molar-refractivity contribution in [2.75, 3.05) is 6.54 Å². The van der Waals surface area contributed by atoms with E-state index in [-0.39, 0.29) is 16.9 Å². The van der Waals surface area contributed by atoms with Gasteiger partial charge in [-0.2, -0.15) is 0 Å². The monoisotopic (exact) mass is 561 g/mol. The van der Waals surface area contributed by atoms with E-state index in [9.17, 15) is 14.9 Å². The number of para-hydroxylation sites is 1. The Labute approximate surface area is 248 Å². The van der Waals surface area contributed by atoms with Gasteiger partial charge in [-0.1, -0.05) is 115 Å². The molecule has 1 aliphatic carbocycles. The van der Waals surface area contributed by atoms with Crippen molar-refractivity contribution in [3.63, 3.8) is 0 Å². The average Bonchev–Trinajstić information content (AvgIpc) is 3.17. The van der Waals surface area contributed by atoms with Crippen LogP contribution in [0.5, 0.6) is 0 Å². The Balaban J connectivity index is 1.43. The standard InChI is InChI=1S/C36H52N2O3/c1-4-5-6-7-8-9-10-11-12-13-14-15-16-17-18-21-28-37-33-23-20-19-22-32(33)36(2,3)35(37)27-24-30-29-31(38(40)41)25-26-34(30)39/h19-20,22-27,29H,4-18,21,28H2,1-3H3/p+1. The number of hydrogen-bond donors (Lipinski definition) is 1. The number of nitrogens with zero attached hydrogens (tertiary/aromatic N) is 1. The van der Waals surface area contributed by atoms with Crippen LogP contribution in [0, 0.1) is 10.1 Å². The summed E-state index contributed by atoms with van der Waals surface area (Å²) >= 11 is 0. The molecule has 0 spiro atoms. The molecule has 5 nitrogen and oxygen atoms in total. The molecule has 0 saturated carbocycles. The third-order valence-corrected chi connectivity index (χ3v) is 8.84. The van der Waals surface area contributed by atoms with Crippen molar-refractivity contribution in [3.05, 3.63) is 87.3 Å². The van der Waals surface area contributed by atoms with Crippen molar-refractivity contribution in [1.29, 1.82) is 0 Å². The summed E-state index contributed by atoms with van der Waals surface area (Å²) in [6.45, 7) is 7.76. The molecule has 0 saturated heterocycles. The molecule has 5 heteroatoms. The van der Waals surface area contributed by atoms with Gasteiger partial charge >= 0.3 is 0 Å². The number of rotatable bonds is 19. The number of nitro groups is 1. The molecule has 1 aromatic rings. The van der Waals surface area contributed by atoms with Crippen LogP contribution in [-0.4, -0.2) is 17.3 Å². The Kier molecular flexibility index (Phi) is 13.8. The van der Waals surface area contributed by atoms with Crippen LogP contribution in [0.25, 0.3) is 0 Å². The van der Waals surface area contributed by atoms with Crippen LogP contribution in [0.1, 0.15) is 129 Å². The van der Waals surface area contributed by atoms with E-state index in [1.54, 1.807) is 6.08 Å². The van der Waals surface area contributed by atoms with Crippen molar-refractivity contribution in [2.45, 2.75) is 129 Å². The lowest BCUT2D eigenvalue weighted by molar-refractivity contribution is -0.789. The van der Waals surface area contributed by atoms with Crippen molar-refractivity contribution in [2.24, 2.45) is 0 Å². The second kappa shape index (κ2) is 17.2. The van der Waals surface area contributed by atoms with Gasteiger partial charge in [-0.05, 0) is 51.0 Å². The van der Waals surface area contributed by atoms with Gasteiger partial charge in [0.05, 0.1) is 16.9 Å². The zero-order chi connectivity index (χ0) is 29.5. The topological polar surface area (TPSA) is 64.7 Å². The van der Waals surface area contributed by atoms with Crippen molar-refractivity contribution in [3.8, 4) is 0 Å². The molecule has 1 aromatic carbocycles. The fraction of sp³-hybridized carbons (Fsp3) is 0.583. The first-order valence-electron chi connectivity index (χ1n) is 16.3. The zero-order valence-electron chi connectivity index (χ0n) is 25.9. The minimum Gasteiger partial charge on any atom is -0.289 e. The Morgan fingerprint density at radius 3 is 1.88 bits per heavy atom. The van der Waals surface area contributed by atoms with Crippen LogP contribution in [0.3, 0.4) is 0 Å². The molecule has 0 radical (unpaired) electrons. The Morgan fingerprint density at radius 2 is 1.32 bits per heavy atom. The molecule has 0 aromatic heterocycles. The molecule has 1 heterocycles. The molecule has 224 valence electrons. The Hall–Kier alpha value is -2.79. The summed E-state index contributed by atoms with van der Waals surface area (Å²) in [5.74, 6) is -0.194. The second-order valence-corrected chi connectivity index (χ2v) is 12.4. The lowest BCUT2D eigenvalue weighted by Crippen LogP contribution is -3.04. The van der Waals surface area contributed by atoms with Crippen LogP contribution >= 0.6 is 0 Å². The van der Waals surface area contributed by atoms with Gasteiger partial charge in [0.1, 0.15) is 11.4 Å². The van der Waals surface area contributed by atoms with Gasteiger partial charge in [-0.25, -0.2) is 0 Å². The molecule has 1 N–H and O–H groups in total. The zero-order valence-corrected chi connectivity index (χ0v) is 25.9. The highest BCUT2D eigenvalue weighted by molar-refractivity contribution is 6.07. The number of quaternary nitrogens is 1. The SMILES string of the molecule is CCCCCCCCCCCCCCCCCC[NH+]1C(=CC=C2C=C([N+](=O)[O-])C=CC2=O)C(C)(C)c2ccccc21. The summed E-state index contributed by atoms with van der Waals surface area (Å²) in [4.78, 5) is 24.5. The van der Waals surface area contributed by atoms with Crippen molar-refractivity contribution >= 4 is 11.5 Å². The second-order valence-electron chi connectivity index (χ2n) is 12.4. The lowest BCUT2D eigenvalue weighted by Gasteiger charge is -2.21. The molecule has 2 aliphatic rings. The minimum atomic E-state index is -0.450. The van der Waals surface area contributed by atoms with Gasteiger partial charge in [-0.15, -0.1) is 0 Å². The summed E-state index contributed by atoms with van der Waals surface area (Å²) in [6, 6.07) is 8.61. The molecule has 1 unspecified atom stereocenters. The Bertz CT molecular complexity index is 1130. The van der Waals surface area contributed by atoms with Crippen LogP contribution in [0.4, 0.5) is 5.69 Å². The number of nitrogens with one attached hydrogen (secondary N) is 1. The highest BCUT2D eigenvalue weighted by atomic mass is 16.6. The Morgan fingerprint density at radius 1 is 0.780 bits per heavy atom. The van der Waals surface area contributed by atoms with E-state index in [1.807, 2.05) is 6.08 Å². The fourth-order valence-corrected chi connectivity index (χ4v) is 6.34. The molecule has 1 atom stereocenters. The summed E-state index contributed by atoms with van der Waals surface area (Å²) in [7, 11) is 0. The molecule has 0 fully saturated rings. The van der Waals surface area contributed by atoms with Gasteiger partial charge in [0.2, 0.25) is 0 Å². The van der Waals surface area contributed by atoms with Gasteiger partial charge in [0.15, 0.2) is 5.78 Å². The highest BCUT2D eigenvalue weighted by Crippen LogP contribution is 2.38. The maximum atomic E-state index is 12.4. The van der Waals surface area contributed by atoms with E-state index >= 15 is 0 Å². The summed E-state index contributed by atoms with van der Waals surface area (Å²) in [5, 5.41) is 11.2. The highest BCUT2D eigenvalue weighted by Gasteiger charge is 2.44. The molecular formula is C36H53N2O3+. The first-order valence-corrected chi connectivity index (χ1v) is 16.3. The first-order chi connectivity index (χ1) is 19.9. The van der Waals surface area contributed by atoms with Crippen LogP contribution < -0.4 is 4.90 Å². The van der Waals surface area contributed by atoms with Gasteiger partial charge < -0.3 is 0 Å². The van der Waals surface area contributed by atoms with E-state index in [4.69, 9.17) is 0 Å². The fourth-order valence-electron chi connectivity index (χ4n) is 6.34. The minimum absolute atomic E-state index is 0.0550. The number of carbonyl (C=O) groups is 1. The predicted molar refractivity (Wildman–Crippen MR) is 170 cm³/mol. The number of ketones is 1. The third kappa shape index (κ3) is 9.92. The number of carbonyl (C=O) groups excluding carboxylic acids is 1. The quantitative estimate of drug-likeness (QED) is 0.0794. The smallest absolute Gasteiger partial charge is 0.270 e. The summed E-state index contributed by atoms with van der Waals surface area (Å²) in [5.41, 5.74) is 3.96. The largest absolute Gasteiger partial charge is 0.289 e. The number of allylic oxidation sites excluding steroid dienone is 7. The van der Waals surface area contributed by atoms with Crippen molar-refractivity contribution in [1.82, 2.24) is 0 Å². The summed E-state index contributed by atoms with van der Waals surface area (Å²) < 4.78 is 0. The molecule has 0 bridgehead atoms. The molecule has 0 amide bonds. The van der Waals surface area contributed by atoms with Gasteiger partial charge in [-0.3, -0.25) is 19.8 Å². The first kappa shape index (κ1) is 32.7. The van der Waals surface area contributed by atoms with Gasteiger partial charge in [0, 0.05) is 23.3 Å². The van der Waals surface area contributed by atoms with E-state index < -0.39 is 4.92 Å². The number of benzene rings is 1. The van der Waals surface area contributed by atoms with E-state index in [0.717, 1.165) is 13.0 Å². The number of fused-ring (bicyclic) bond motifs is 1. The number of unbranched alkanes of at least 4 members (excludes halogenated alkanes) is 15. The number of hydrogen-bond acceptors (Lipinski definition) is 3. The molecular weight excluding hydrogens is 508 g/mol. The lowest BCUT2D eigenvalue weighted by atomic mass is 9.83. The maximum Gasteiger partial charge on any atom is 0.270 e. The maximum absolute atomic E-state index is 12.4. The molecule has 3 rings (SSSR count). The van der Waals surface area contributed by atoms with E-state index in [2.05, 4.69) is 45.0 Å². The van der Waals surface area contributed by atoms with Crippen LogP contribution in [0.2, 0.25) is 0 Å². The van der Waals surface area contributed by atoms with Crippen LogP contribution in [0.15, 0.2) is 71.6 Å². The van der Waals surface area contributed by atoms with Crippen LogP contribution in [-0.2, 0) is 10.2 Å². The predicted octanol–water partition coefficient (Wildman–Crippen LogP) is 8.87. The normalized spacial score (nSPS) is 19.6. The summed E-state index contributed by atoms with van der Waals surface area (Å²) in [6.07, 6.45) is 29.5. The molecule has 1 aliphatic heterocycles. The molecule has 41 heavy (non-hydrogen) atoms. The third-order valence-electron chi connectivity index (χ3n) is 8.84. The van der Waals surface area contributed by atoms with Gasteiger partial charge in [0.25, 0.3) is 5.70 Å². The van der Waals surface area contributed by atoms with E-state index in [1.165, 1.54) is 136 Å². The average molecular weight is 562 g/mol.